The number of fused-ring (bicyclic) bond motifs is 1. The van der Waals surface area contributed by atoms with Gasteiger partial charge in [0.2, 0.25) is 5.91 Å². The van der Waals surface area contributed by atoms with E-state index in [9.17, 15) is 4.79 Å². The second kappa shape index (κ2) is 8.68. The standard InChI is InChI=1S/C24H30N4O/c1-3-9-19-13-15-27(17-21(19)26-20-10-5-4-6-11-20)24(29)16-22-18(2)25-23-12-7-8-14-28(22)23/h4-8,10-12,14,19,21,26H,3,9,13,15-17H2,1-2H3/t19-,21+/m0/s1. The third-order valence-electron chi connectivity index (χ3n) is 6.04. The van der Waals surface area contributed by atoms with E-state index in [0.717, 1.165) is 42.2 Å². The summed E-state index contributed by atoms with van der Waals surface area (Å²) in [6.45, 7) is 5.83. The first-order chi connectivity index (χ1) is 14.2. The number of hydrogen-bond acceptors (Lipinski definition) is 3. The number of pyridine rings is 1. The minimum atomic E-state index is 0.188. The maximum Gasteiger partial charge on any atom is 0.228 e. The molecule has 1 saturated heterocycles. The lowest BCUT2D eigenvalue weighted by Crippen LogP contribution is -2.50. The van der Waals surface area contributed by atoms with Crippen molar-refractivity contribution >= 4 is 17.2 Å². The van der Waals surface area contributed by atoms with Crippen LogP contribution in [-0.2, 0) is 11.2 Å². The van der Waals surface area contributed by atoms with Gasteiger partial charge in [-0.2, -0.15) is 0 Å². The third kappa shape index (κ3) is 4.29. The second-order valence-electron chi connectivity index (χ2n) is 8.04. The molecule has 0 spiro atoms. The van der Waals surface area contributed by atoms with E-state index in [1.165, 1.54) is 12.8 Å². The predicted molar refractivity (Wildman–Crippen MR) is 117 cm³/mol. The number of para-hydroxylation sites is 1. The van der Waals surface area contributed by atoms with Gasteiger partial charge in [0.15, 0.2) is 0 Å². The lowest BCUT2D eigenvalue weighted by Gasteiger charge is -2.39. The Morgan fingerprint density at radius 1 is 1.17 bits per heavy atom. The number of imidazole rings is 1. The first-order valence-corrected chi connectivity index (χ1v) is 10.7. The highest BCUT2D eigenvalue weighted by molar-refractivity contribution is 5.79. The fourth-order valence-corrected chi connectivity index (χ4v) is 4.49. The van der Waals surface area contributed by atoms with E-state index in [4.69, 9.17) is 0 Å². The molecule has 29 heavy (non-hydrogen) atoms. The van der Waals surface area contributed by atoms with Crippen molar-refractivity contribution in [3.8, 4) is 0 Å². The summed E-state index contributed by atoms with van der Waals surface area (Å²) >= 11 is 0. The van der Waals surface area contributed by atoms with Crippen molar-refractivity contribution in [1.29, 1.82) is 0 Å². The SMILES string of the molecule is CCC[C@H]1CCN(C(=O)Cc2c(C)nc3ccccn23)C[C@H]1Nc1ccccc1. The zero-order valence-corrected chi connectivity index (χ0v) is 17.3. The number of hydrogen-bond donors (Lipinski definition) is 1. The third-order valence-corrected chi connectivity index (χ3v) is 6.04. The maximum atomic E-state index is 13.2. The highest BCUT2D eigenvalue weighted by Crippen LogP contribution is 2.26. The van der Waals surface area contributed by atoms with Crippen LogP contribution in [0.5, 0.6) is 0 Å². The monoisotopic (exact) mass is 390 g/mol. The average Bonchev–Trinajstić information content (AvgIpc) is 3.05. The van der Waals surface area contributed by atoms with Crippen molar-refractivity contribution < 1.29 is 4.79 Å². The predicted octanol–water partition coefficient (Wildman–Crippen LogP) is 4.31. The van der Waals surface area contributed by atoms with E-state index in [-0.39, 0.29) is 5.91 Å². The number of piperidine rings is 1. The van der Waals surface area contributed by atoms with E-state index in [1.807, 2.05) is 46.7 Å². The van der Waals surface area contributed by atoms with E-state index < -0.39 is 0 Å². The number of carbonyl (C=O) groups excluding carboxylic acids is 1. The van der Waals surface area contributed by atoms with Crippen molar-refractivity contribution in [2.45, 2.75) is 45.6 Å². The summed E-state index contributed by atoms with van der Waals surface area (Å²) in [5.74, 6) is 0.787. The lowest BCUT2D eigenvalue weighted by molar-refractivity contribution is -0.132. The number of aromatic nitrogens is 2. The second-order valence-corrected chi connectivity index (χ2v) is 8.04. The molecule has 1 aromatic carbocycles. The van der Waals surface area contributed by atoms with Crippen LogP contribution < -0.4 is 5.32 Å². The van der Waals surface area contributed by atoms with Gasteiger partial charge in [0.05, 0.1) is 17.8 Å². The Bertz CT molecular complexity index is 965. The van der Waals surface area contributed by atoms with Gasteiger partial charge < -0.3 is 14.6 Å². The van der Waals surface area contributed by atoms with Gasteiger partial charge >= 0.3 is 0 Å². The molecular formula is C24H30N4O. The number of amides is 1. The van der Waals surface area contributed by atoms with Crippen molar-refractivity contribution in [3.05, 3.63) is 66.1 Å². The smallest absolute Gasteiger partial charge is 0.228 e. The Morgan fingerprint density at radius 3 is 2.76 bits per heavy atom. The zero-order chi connectivity index (χ0) is 20.2. The molecule has 0 saturated carbocycles. The highest BCUT2D eigenvalue weighted by atomic mass is 16.2. The van der Waals surface area contributed by atoms with Crippen LogP contribution in [0.25, 0.3) is 5.65 Å². The molecule has 1 amide bonds. The van der Waals surface area contributed by atoms with Crippen molar-refractivity contribution in [1.82, 2.24) is 14.3 Å². The number of aryl methyl sites for hydroxylation is 1. The molecule has 0 unspecified atom stereocenters. The molecule has 1 N–H and O–H groups in total. The maximum absolute atomic E-state index is 13.2. The number of nitrogens with one attached hydrogen (secondary N) is 1. The molecule has 5 nitrogen and oxygen atoms in total. The van der Waals surface area contributed by atoms with Gasteiger partial charge in [-0.15, -0.1) is 0 Å². The number of carbonyl (C=O) groups is 1. The summed E-state index contributed by atoms with van der Waals surface area (Å²) in [4.78, 5) is 19.8. The number of nitrogens with zero attached hydrogens (tertiary/aromatic N) is 3. The number of anilines is 1. The van der Waals surface area contributed by atoms with E-state index in [2.05, 4.69) is 41.5 Å². The van der Waals surface area contributed by atoms with Gasteiger partial charge in [0.1, 0.15) is 5.65 Å². The molecule has 0 aliphatic carbocycles. The van der Waals surface area contributed by atoms with Gasteiger partial charge in [0, 0.05) is 31.0 Å². The Balaban J connectivity index is 1.49. The molecule has 2 aromatic heterocycles. The lowest BCUT2D eigenvalue weighted by atomic mass is 9.87. The zero-order valence-electron chi connectivity index (χ0n) is 17.3. The fourth-order valence-electron chi connectivity index (χ4n) is 4.49. The molecule has 1 fully saturated rings. The molecule has 3 aromatic rings. The summed E-state index contributed by atoms with van der Waals surface area (Å²) in [6, 6.07) is 16.6. The molecule has 3 heterocycles. The quantitative estimate of drug-likeness (QED) is 0.682. The minimum Gasteiger partial charge on any atom is -0.380 e. The largest absolute Gasteiger partial charge is 0.380 e. The summed E-state index contributed by atoms with van der Waals surface area (Å²) < 4.78 is 2.04. The van der Waals surface area contributed by atoms with Gasteiger partial charge in [-0.1, -0.05) is 37.6 Å². The number of rotatable bonds is 6. The van der Waals surface area contributed by atoms with Crippen LogP contribution in [-0.4, -0.2) is 39.3 Å². The Hall–Kier alpha value is -2.82. The van der Waals surface area contributed by atoms with Crippen LogP contribution in [0.4, 0.5) is 5.69 Å². The van der Waals surface area contributed by atoms with Crippen molar-refractivity contribution in [2.75, 3.05) is 18.4 Å². The molecule has 4 rings (SSSR count). The van der Waals surface area contributed by atoms with E-state index >= 15 is 0 Å². The van der Waals surface area contributed by atoms with Gasteiger partial charge in [-0.3, -0.25) is 4.79 Å². The average molecular weight is 391 g/mol. The normalized spacial score (nSPS) is 19.4. The van der Waals surface area contributed by atoms with Crippen molar-refractivity contribution in [3.63, 3.8) is 0 Å². The van der Waals surface area contributed by atoms with Crippen molar-refractivity contribution in [2.24, 2.45) is 5.92 Å². The van der Waals surface area contributed by atoms with Crippen LogP contribution in [0.15, 0.2) is 54.7 Å². The minimum absolute atomic E-state index is 0.188. The summed E-state index contributed by atoms with van der Waals surface area (Å²) in [5, 5.41) is 3.69. The first kappa shape index (κ1) is 19.5. The van der Waals surface area contributed by atoms with Crippen LogP contribution in [0, 0.1) is 12.8 Å². The summed E-state index contributed by atoms with van der Waals surface area (Å²) in [5.41, 5.74) is 3.96. The van der Waals surface area contributed by atoms with E-state index in [1.54, 1.807) is 0 Å². The Labute approximate surface area is 172 Å². The van der Waals surface area contributed by atoms with Gasteiger partial charge in [0.25, 0.3) is 0 Å². The van der Waals surface area contributed by atoms with Gasteiger partial charge in [-0.05, 0) is 49.9 Å². The molecule has 1 aliphatic rings. The van der Waals surface area contributed by atoms with Crippen LogP contribution >= 0.6 is 0 Å². The highest BCUT2D eigenvalue weighted by Gasteiger charge is 2.31. The Kier molecular flexibility index (Phi) is 5.84. The van der Waals surface area contributed by atoms with Gasteiger partial charge in [-0.25, -0.2) is 4.98 Å². The molecule has 5 heteroatoms. The van der Waals surface area contributed by atoms with Crippen LogP contribution in [0.1, 0.15) is 37.6 Å². The molecular weight excluding hydrogens is 360 g/mol. The van der Waals surface area contributed by atoms with Crippen LogP contribution in [0.2, 0.25) is 0 Å². The fraction of sp³-hybridized carbons (Fsp3) is 0.417. The molecule has 0 radical (unpaired) electrons. The summed E-state index contributed by atoms with van der Waals surface area (Å²) in [7, 11) is 0. The number of likely N-dealkylation sites (tertiary alicyclic amines) is 1. The first-order valence-electron chi connectivity index (χ1n) is 10.7. The molecule has 2 atom stereocenters. The number of benzene rings is 1. The molecule has 1 aliphatic heterocycles. The summed E-state index contributed by atoms with van der Waals surface area (Å²) in [6.07, 6.45) is 5.81. The molecule has 0 bridgehead atoms. The van der Waals surface area contributed by atoms with Crippen LogP contribution in [0.3, 0.4) is 0 Å². The van der Waals surface area contributed by atoms with E-state index in [0.29, 0.717) is 18.4 Å². The molecule has 152 valence electrons. The topological polar surface area (TPSA) is 49.6 Å². The Morgan fingerprint density at radius 2 is 1.97 bits per heavy atom.